The number of nitrogens with one attached hydrogen (secondary N) is 1. The van der Waals surface area contributed by atoms with Gasteiger partial charge in [0.2, 0.25) is 11.1 Å². The van der Waals surface area contributed by atoms with Crippen molar-refractivity contribution in [3.8, 4) is 6.01 Å². The molecule has 2 aromatic rings. The molecule has 0 aliphatic rings. The number of aromatic nitrogens is 3. The van der Waals surface area contributed by atoms with Crippen LogP contribution in [0.1, 0.15) is 25.0 Å². The van der Waals surface area contributed by atoms with E-state index >= 15 is 0 Å². The van der Waals surface area contributed by atoms with Crippen LogP contribution >= 0.6 is 11.8 Å². The Morgan fingerprint density at radius 1 is 1.19 bits per heavy atom. The fourth-order valence-corrected chi connectivity index (χ4v) is 2.55. The third-order valence-electron chi connectivity index (χ3n) is 2.61. The molecule has 21 heavy (non-hydrogen) atoms. The number of hydrazine groups is 1. The number of rotatable bonds is 5. The van der Waals surface area contributed by atoms with Gasteiger partial charge in [-0.1, -0.05) is 12.1 Å². The number of benzene rings is 1. The van der Waals surface area contributed by atoms with Gasteiger partial charge in [0.25, 0.3) is 0 Å². The Morgan fingerprint density at radius 3 is 2.62 bits per heavy atom. The normalized spacial score (nSPS) is 10.8. The molecule has 112 valence electrons. The maximum atomic E-state index is 5.52. The second-order valence-electron chi connectivity index (χ2n) is 4.91. The van der Waals surface area contributed by atoms with Gasteiger partial charge in [0.05, 0.1) is 6.10 Å². The second kappa shape index (κ2) is 6.73. The predicted octanol–water partition coefficient (Wildman–Crippen LogP) is 2.71. The van der Waals surface area contributed by atoms with E-state index in [2.05, 4.69) is 52.4 Å². The lowest BCUT2D eigenvalue weighted by Crippen LogP contribution is -2.15. The highest BCUT2D eigenvalue weighted by Gasteiger charge is 2.11. The molecular weight excluding hydrogens is 286 g/mol. The van der Waals surface area contributed by atoms with Crippen LogP contribution in [0.4, 0.5) is 5.95 Å². The van der Waals surface area contributed by atoms with E-state index in [1.54, 1.807) is 0 Å². The zero-order valence-corrected chi connectivity index (χ0v) is 13.4. The summed E-state index contributed by atoms with van der Waals surface area (Å²) in [5.74, 6) is 5.68. The lowest BCUT2D eigenvalue weighted by atomic mass is 10.2. The number of anilines is 1. The predicted molar refractivity (Wildman–Crippen MR) is 83.4 cm³/mol. The number of aryl methyl sites for hydroxylation is 2. The van der Waals surface area contributed by atoms with Crippen LogP contribution in [0.3, 0.4) is 0 Å². The fourth-order valence-electron chi connectivity index (χ4n) is 1.63. The van der Waals surface area contributed by atoms with E-state index in [0.29, 0.717) is 5.16 Å². The molecule has 6 nitrogen and oxygen atoms in total. The second-order valence-corrected chi connectivity index (χ2v) is 5.92. The molecule has 3 N–H and O–H groups in total. The van der Waals surface area contributed by atoms with Gasteiger partial charge in [0.1, 0.15) is 0 Å². The monoisotopic (exact) mass is 305 g/mol. The maximum absolute atomic E-state index is 5.52. The molecule has 0 radical (unpaired) electrons. The highest BCUT2D eigenvalue weighted by atomic mass is 32.2. The third kappa shape index (κ3) is 4.30. The Hall–Kier alpha value is -1.86. The summed E-state index contributed by atoms with van der Waals surface area (Å²) in [5, 5.41) is 0.544. The summed E-state index contributed by atoms with van der Waals surface area (Å²) in [6, 6.07) is 6.52. The Balaban J connectivity index is 2.32. The van der Waals surface area contributed by atoms with Crippen molar-refractivity contribution in [3.05, 3.63) is 29.3 Å². The highest BCUT2D eigenvalue weighted by molar-refractivity contribution is 7.99. The molecule has 0 saturated heterocycles. The summed E-state index contributed by atoms with van der Waals surface area (Å²) in [7, 11) is 0. The average Bonchev–Trinajstić information content (AvgIpc) is 2.42. The van der Waals surface area contributed by atoms with Gasteiger partial charge in [0.15, 0.2) is 0 Å². The number of hydrogen-bond acceptors (Lipinski definition) is 7. The zero-order valence-electron chi connectivity index (χ0n) is 12.5. The topological polar surface area (TPSA) is 86.0 Å². The number of nitrogens with zero attached hydrogens (tertiary/aromatic N) is 3. The van der Waals surface area contributed by atoms with Gasteiger partial charge in [-0.05, 0) is 56.7 Å². The molecule has 1 heterocycles. The van der Waals surface area contributed by atoms with Crippen molar-refractivity contribution < 1.29 is 4.74 Å². The zero-order chi connectivity index (χ0) is 15.4. The molecule has 0 amide bonds. The molecule has 0 aliphatic heterocycles. The van der Waals surface area contributed by atoms with Crippen LogP contribution in [0.5, 0.6) is 6.01 Å². The molecule has 0 saturated carbocycles. The maximum Gasteiger partial charge on any atom is 0.322 e. The van der Waals surface area contributed by atoms with Crippen molar-refractivity contribution in [2.75, 3.05) is 5.43 Å². The molecule has 1 aromatic carbocycles. The Morgan fingerprint density at radius 2 is 1.95 bits per heavy atom. The fraction of sp³-hybridized carbons (Fsp3) is 0.357. The first-order valence-corrected chi connectivity index (χ1v) is 7.44. The van der Waals surface area contributed by atoms with Gasteiger partial charge < -0.3 is 4.74 Å². The smallest absolute Gasteiger partial charge is 0.322 e. The van der Waals surface area contributed by atoms with E-state index in [0.717, 1.165) is 4.90 Å². The van der Waals surface area contributed by atoms with Gasteiger partial charge in [-0.3, -0.25) is 5.43 Å². The quantitative estimate of drug-likeness (QED) is 0.648. The van der Waals surface area contributed by atoms with Gasteiger partial charge in [-0.15, -0.1) is 0 Å². The lowest BCUT2D eigenvalue weighted by Gasteiger charge is -2.10. The van der Waals surface area contributed by atoms with Crippen LogP contribution in [-0.4, -0.2) is 21.1 Å². The van der Waals surface area contributed by atoms with E-state index < -0.39 is 0 Å². The van der Waals surface area contributed by atoms with E-state index in [4.69, 9.17) is 10.6 Å². The van der Waals surface area contributed by atoms with Crippen LogP contribution in [0.15, 0.2) is 28.3 Å². The van der Waals surface area contributed by atoms with E-state index in [1.807, 2.05) is 13.8 Å². The van der Waals surface area contributed by atoms with Crippen LogP contribution < -0.4 is 16.0 Å². The highest BCUT2D eigenvalue weighted by Crippen LogP contribution is 2.29. The third-order valence-corrected chi connectivity index (χ3v) is 3.63. The largest absolute Gasteiger partial charge is 0.461 e. The summed E-state index contributed by atoms with van der Waals surface area (Å²) in [4.78, 5) is 13.7. The van der Waals surface area contributed by atoms with Gasteiger partial charge in [0, 0.05) is 4.90 Å². The summed E-state index contributed by atoms with van der Waals surface area (Å²) < 4.78 is 5.52. The number of nitrogen functional groups attached to an aromatic ring is 1. The molecule has 0 fully saturated rings. The van der Waals surface area contributed by atoms with Crippen molar-refractivity contribution in [1.82, 2.24) is 15.0 Å². The molecule has 0 unspecified atom stereocenters. The minimum Gasteiger partial charge on any atom is -0.461 e. The molecule has 1 aromatic heterocycles. The van der Waals surface area contributed by atoms with Crippen molar-refractivity contribution >= 4 is 17.7 Å². The molecule has 0 spiro atoms. The number of ether oxygens (including phenoxy) is 1. The molecule has 2 rings (SSSR count). The van der Waals surface area contributed by atoms with Crippen molar-refractivity contribution in [2.45, 2.75) is 43.9 Å². The Kier molecular flexibility index (Phi) is 4.98. The molecule has 0 bridgehead atoms. The molecule has 7 heteroatoms. The SMILES string of the molecule is Cc1ccc(C)c(Sc2nc(NN)nc(OC(C)C)n2)c1. The summed E-state index contributed by atoms with van der Waals surface area (Å²) >= 11 is 1.46. The van der Waals surface area contributed by atoms with Gasteiger partial charge in [-0.25, -0.2) is 5.84 Å². The Labute approximate surface area is 128 Å². The molecular formula is C14H19N5OS. The molecule has 0 aliphatic carbocycles. The minimum atomic E-state index is -0.0171. The standard InChI is InChI=1S/C14H19N5OS/c1-8(2)20-13-16-12(19-15)17-14(18-13)21-11-7-9(3)5-6-10(11)4/h5-8H,15H2,1-4H3,(H,16,17,18,19). The van der Waals surface area contributed by atoms with E-state index in [9.17, 15) is 0 Å². The van der Waals surface area contributed by atoms with Crippen molar-refractivity contribution in [3.63, 3.8) is 0 Å². The van der Waals surface area contributed by atoms with Gasteiger partial charge in [-0.2, -0.15) is 15.0 Å². The minimum absolute atomic E-state index is 0.0171. The van der Waals surface area contributed by atoms with Crippen LogP contribution in [0.25, 0.3) is 0 Å². The first-order valence-electron chi connectivity index (χ1n) is 6.62. The van der Waals surface area contributed by atoms with Crippen molar-refractivity contribution in [2.24, 2.45) is 5.84 Å². The van der Waals surface area contributed by atoms with E-state index in [-0.39, 0.29) is 18.1 Å². The first kappa shape index (κ1) is 15.5. The Bertz CT molecular complexity index is 633. The van der Waals surface area contributed by atoms with Crippen LogP contribution in [-0.2, 0) is 0 Å². The van der Waals surface area contributed by atoms with Crippen LogP contribution in [0, 0.1) is 13.8 Å². The first-order chi connectivity index (χ1) is 9.97. The van der Waals surface area contributed by atoms with Crippen molar-refractivity contribution in [1.29, 1.82) is 0 Å². The number of hydrogen-bond donors (Lipinski definition) is 2. The average molecular weight is 305 g/mol. The number of nitrogens with two attached hydrogens (primary N) is 1. The van der Waals surface area contributed by atoms with Crippen LogP contribution in [0.2, 0.25) is 0 Å². The molecule has 0 atom stereocenters. The summed E-state index contributed by atoms with van der Waals surface area (Å²) in [5.41, 5.74) is 4.79. The van der Waals surface area contributed by atoms with Gasteiger partial charge >= 0.3 is 6.01 Å². The lowest BCUT2D eigenvalue weighted by molar-refractivity contribution is 0.219. The summed E-state index contributed by atoms with van der Waals surface area (Å²) in [6.45, 7) is 7.93. The summed E-state index contributed by atoms with van der Waals surface area (Å²) in [6.07, 6.45) is -0.0171. The van der Waals surface area contributed by atoms with E-state index in [1.165, 1.54) is 22.9 Å².